The first-order valence-electron chi connectivity index (χ1n) is 8.67. The molecule has 0 amide bonds. The van der Waals surface area contributed by atoms with Gasteiger partial charge in [-0.1, -0.05) is 42.1 Å². The van der Waals surface area contributed by atoms with Crippen molar-refractivity contribution in [2.75, 3.05) is 0 Å². The van der Waals surface area contributed by atoms with Crippen LogP contribution in [-0.2, 0) is 12.8 Å². The third-order valence-electron chi connectivity index (χ3n) is 4.18. The van der Waals surface area contributed by atoms with Gasteiger partial charge in [0.2, 0.25) is 5.90 Å². The Morgan fingerprint density at radius 3 is 2.73 bits per heavy atom. The van der Waals surface area contributed by atoms with Crippen molar-refractivity contribution in [2.45, 2.75) is 23.5 Å². The average Bonchev–Trinajstić information content (AvgIpc) is 3.33. The number of ether oxygens (including phenoxy) is 1. The van der Waals surface area contributed by atoms with Crippen LogP contribution in [0.25, 0.3) is 0 Å². The molecule has 0 saturated heterocycles. The molecule has 0 fully saturated rings. The monoisotopic (exact) mass is 377 g/mol. The maximum Gasteiger partial charge on any atom is 0.220 e. The fourth-order valence-corrected chi connectivity index (χ4v) is 4.43. The summed E-state index contributed by atoms with van der Waals surface area (Å²) in [6.45, 7) is 0. The van der Waals surface area contributed by atoms with Crippen LogP contribution in [0.1, 0.15) is 17.5 Å². The van der Waals surface area contributed by atoms with E-state index in [1.54, 1.807) is 23.1 Å². The lowest BCUT2D eigenvalue weighted by molar-refractivity contribution is 0.556. The minimum atomic E-state index is 0.596. The molecule has 0 aliphatic heterocycles. The van der Waals surface area contributed by atoms with Crippen LogP contribution in [0.2, 0.25) is 0 Å². The first-order valence-corrected chi connectivity index (χ1v) is 10.4. The number of para-hydroxylation sites is 1. The number of nitrogens with zero attached hydrogens (tertiary/aromatic N) is 1. The number of thioether (sulfide) groups is 1. The number of thiophene rings is 1. The van der Waals surface area contributed by atoms with Crippen molar-refractivity contribution in [1.29, 1.82) is 0 Å². The Morgan fingerprint density at radius 2 is 1.88 bits per heavy atom. The van der Waals surface area contributed by atoms with Gasteiger partial charge in [-0.25, -0.2) is 4.99 Å². The van der Waals surface area contributed by atoms with Crippen LogP contribution in [0.5, 0.6) is 5.75 Å². The fourth-order valence-electron chi connectivity index (χ4n) is 2.95. The highest BCUT2D eigenvalue weighted by atomic mass is 32.2. The Balaban J connectivity index is 1.57. The quantitative estimate of drug-likeness (QED) is 0.282. The van der Waals surface area contributed by atoms with Gasteiger partial charge >= 0.3 is 0 Å². The molecule has 2 aromatic carbocycles. The van der Waals surface area contributed by atoms with Gasteiger partial charge in [0, 0.05) is 6.08 Å². The summed E-state index contributed by atoms with van der Waals surface area (Å²) in [7, 11) is 0. The van der Waals surface area contributed by atoms with Crippen LogP contribution in [0, 0.1) is 0 Å². The number of hydrogen-bond donors (Lipinski definition) is 0. The average molecular weight is 378 g/mol. The Hall–Kier alpha value is -2.30. The zero-order chi connectivity index (χ0) is 17.6. The van der Waals surface area contributed by atoms with Crippen LogP contribution in [-0.4, -0.2) is 5.90 Å². The summed E-state index contributed by atoms with van der Waals surface area (Å²) < 4.78 is 7.26. The zero-order valence-corrected chi connectivity index (χ0v) is 15.9. The largest absolute Gasteiger partial charge is 0.439 e. The lowest BCUT2D eigenvalue weighted by atomic mass is 10.1. The van der Waals surface area contributed by atoms with E-state index in [2.05, 4.69) is 35.7 Å². The molecular formula is C22H19NOS2. The molecule has 4 rings (SSSR count). The molecule has 1 aliphatic rings. The minimum absolute atomic E-state index is 0.596. The molecule has 130 valence electrons. The van der Waals surface area contributed by atoms with Gasteiger partial charge in [-0.05, 0) is 71.5 Å². The normalized spacial score (nSPS) is 13.9. The smallest absolute Gasteiger partial charge is 0.220 e. The molecule has 0 saturated carbocycles. The Labute approximate surface area is 162 Å². The van der Waals surface area contributed by atoms with Crippen molar-refractivity contribution in [3.63, 3.8) is 0 Å². The molecular weight excluding hydrogens is 358 g/mol. The van der Waals surface area contributed by atoms with E-state index in [4.69, 9.17) is 9.73 Å². The van der Waals surface area contributed by atoms with Crippen molar-refractivity contribution in [2.24, 2.45) is 4.99 Å². The summed E-state index contributed by atoms with van der Waals surface area (Å²) in [5, 5.41) is 4.11. The lowest BCUT2D eigenvalue weighted by Gasteiger charge is -2.06. The Bertz CT molecular complexity index is 915. The van der Waals surface area contributed by atoms with Crippen LogP contribution in [0.4, 0.5) is 5.69 Å². The number of aryl methyl sites for hydroxylation is 2. The third kappa shape index (κ3) is 4.45. The van der Waals surface area contributed by atoms with E-state index in [1.807, 2.05) is 41.8 Å². The molecule has 1 heterocycles. The molecule has 1 aliphatic carbocycles. The second kappa shape index (κ2) is 8.39. The second-order valence-corrected chi connectivity index (χ2v) is 8.18. The van der Waals surface area contributed by atoms with E-state index in [0.717, 1.165) is 17.9 Å². The van der Waals surface area contributed by atoms with Gasteiger partial charge in [0.05, 0.1) is 9.90 Å². The van der Waals surface area contributed by atoms with E-state index >= 15 is 0 Å². The van der Waals surface area contributed by atoms with Gasteiger partial charge in [0.15, 0.2) is 0 Å². The van der Waals surface area contributed by atoms with Crippen LogP contribution in [0.15, 0.2) is 86.7 Å². The molecule has 0 N–H and O–H groups in total. The van der Waals surface area contributed by atoms with Gasteiger partial charge in [0.1, 0.15) is 5.75 Å². The van der Waals surface area contributed by atoms with Crippen LogP contribution < -0.4 is 4.74 Å². The fraction of sp³-hybridized carbons (Fsp3) is 0.136. The summed E-state index contributed by atoms with van der Waals surface area (Å²) >= 11 is 3.40. The number of fused-ring (bicyclic) bond motifs is 1. The second-order valence-electron chi connectivity index (χ2n) is 6.02. The lowest BCUT2D eigenvalue weighted by Crippen LogP contribution is -2.04. The third-order valence-corrected chi connectivity index (χ3v) is 6.06. The van der Waals surface area contributed by atoms with Gasteiger partial charge < -0.3 is 4.74 Å². The highest BCUT2D eigenvalue weighted by Crippen LogP contribution is 2.27. The molecule has 0 bridgehead atoms. The summed E-state index contributed by atoms with van der Waals surface area (Å²) in [6, 6.07) is 20.4. The van der Waals surface area contributed by atoms with E-state index in [-0.39, 0.29) is 0 Å². The first kappa shape index (κ1) is 17.1. The van der Waals surface area contributed by atoms with Gasteiger partial charge in [-0.3, -0.25) is 0 Å². The van der Waals surface area contributed by atoms with Gasteiger partial charge in [0.25, 0.3) is 0 Å². The van der Waals surface area contributed by atoms with Crippen molar-refractivity contribution in [3.8, 4) is 5.75 Å². The molecule has 0 unspecified atom stereocenters. The summed E-state index contributed by atoms with van der Waals surface area (Å²) in [4.78, 5) is 4.75. The molecule has 1 aromatic heterocycles. The SMILES string of the molecule is C(=CC(=Nc1ccc2c(c1)CCC2)Oc1ccccc1)Sc1cccs1. The maximum absolute atomic E-state index is 6.01. The van der Waals surface area contributed by atoms with E-state index in [1.165, 1.54) is 28.2 Å². The highest BCUT2D eigenvalue weighted by molar-refractivity contribution is 8.03. The number of aliphatic imine (C=N–C) groups is 1. The zero-order valence-electron chi connectivity index (χ0n) is 14.3. The number of rotatable bonds is 5. The van der Waals surface area contributed by atoms with Gasteiger partial charge in [-0.15, -0.1) is 11.3 Å². The van der Waals surface area contributed by atoms with Crippen LogP contribution in [0.3, 0.4) is 0 Å². The minimum Gasteiger partial charge on any atom is -0.439 e. The maximum atomic E-state index is 6.01. The summed E-state index contributed by atoms with van der Waals surface area (Å²) in [5.41, 5.74) is 3.82. The first-order chi connectivity index (χ1) is 12.9. The highest BCUT2D eigenvalue weighted by Gasteiger charge is 2.11. The molecule has 0 atom stereocenters. The molecule has 0 spiro atoms. The number of benzene rings is 2. The van der Waals surface area contributed by atoms with Crippen molar-refractivity contribution >= 4 is 34.7 Å². The van der Waals surface area contributed by atoms with E-state index < -0.39 is 0 Å². The van der Waals surface area contributed by atoms with Gasteiger partial charge in [-0.2, -0.15) is 0 Å². The van der Waals surface area contributed by atoms with Crippen molar-refractivity contribution in [1.82, 2.24) is 0 Å². The molecule has 26 heavy (non-hydrogen) atoms. The van der Waals surface area contributed by atoms with E-state index in [0.29, 0.717) is 5.90 Å². The predicted molar refractivity (Wildman–Crippen MR) is 112 cm³/mol. The Morgan fingerprint density at radius 1 is 1.00 bits per heavy atom. The summed E-state index contributed by atoms with van der Waals surface area (Å²) in [6.07, 6.45) is 5.51. The molecule has 3 aromatic rings. The Kier molecular flexibility index (Phi) is 5.53. The molecule has 4 heteroatoms. The van der Waals surface area contributed by atoms with Crippen molar-refractivity contribution in [3.05, 3.63) is 88.7 Å². The molecule has 0 radical (unpaired) electrons. The predicted octanol–water partition coefficient (Wildman–Crippen LogP) is 6.65. The van der Waals surface area contributed by atoms with Crippen molar-refractivity contribution < 1.29 is 4.74 Å². The van der Waals surface area contributed by atoms with E-state index in [9.17, 15) is 0 Å². The number of hydrogen-bond acceptors (Lipinski definition) is 4. The summed E-state index contributed by atoms with van der Waals surface area (Å²) in [5.74, 6) is 1.39. The van der Waals surface area contributed by atoms with Crippen LogP contribution >= 0.6 is 23.1 Å². The molecule has 2 nitrogen and oxygen atoms in total. The standard InChI is InChI=1S/C22H19NOS2/c1-2-8-20(9-3-1)24-21(13-15-26-22-10-5-14-25-22)23-19-12-11-17-6-4-7-18(17)16-19/h1-3,5,8-16H,4,6-7H2. The topological polar surface area (TPSA) is 21.6 Å².